The summed E-state index contributed by atoms with van der Waals surface area (Å²) in [7, 11) is 1.64. The lowest BCUT2D eigenvalue weighted by Crippen LogP contribution is -2.25. The molecule has 6 nitrogen and oxygen atoms in total. The molecule has 0 atom stereocenters. The first-order valence-electron chi connectivity index (χ1n) is 8.65. The number of thiazole rings is 1. The third-order valence-corrected chi connectivity index (χ3v) is 5.39. The molecule has 2 aromatic carbocycles. The van der Waals surface area contributed by atoms with Crippen LogP contribution < -0.4 is 10.1 Å². The minimum Gasteiger partial charge on any atom is -0.497 e. The summed E-state index contributed by atoms with van der Waals surface area (Å²) in [6.45, 7) is 0.505. The Balaban J connectivity index is 1.43. The predicted octanol–water partition coefficient (Wildman–Crippen LogP) is 4.09. The third-order valence-electron chi connectivity index (χ3n) is 4.27. The number of methoxy groups -OCH3 is 1. The van der Waals surface area contributed by atoms with Crippen molar-refractivity contribution < 1.29 is 9.53 Å². The van der Waals surface area contributed by atoms with Crippen LogP contribution in [-0.4, -0.2) is 34.2 Å². The first-order chi connectivity index (χ1) is 13.6. The average Bonchev–Trinajstić information content (AvgIpc) is 3.30. The average molecular weight is 413 g/mol. The van der Waals surface area contributed by atoms with Crippen LogP contribution in [-0.2, 0) is 6.42 Å². The predicted molar refractivity (Wildman–Crippen MR) is 110 cm³/mol. The number of ether oxygens (including phenoxy) is 1. The number of fused-ring (bicyclic) bond motifs is 1. The monoisotopic (exact) mass is 412 g/mol. The Labute approximate surface area is 170 Å². The van der Waals surface area contributed by atoms with E-state index >= 15 is 0 Å². The van der Waals surface area contributed by atoms with Crippen molar-refractivity contribution >= 4 is 33.8 Å². The minimum atomic E-state index is -0.124. The van der Waals surface area contributed by atoms with E-state index in [1.54, 1.807) is 31.4 Å². The molecule has 0 aliphatic heterocycles. The second-order valence-electron chi connectivity index (χ2n) is 6.10. The third kappa shape index (κ3) is 3.85. The minimum absolute atomic E-state index is 0.124. The van der Waals surface area contributed by atoms with Gasteiger partial charge in [0, 0.05) is 34.5 Å². The lowest BCUT2D eigenvalue weighted by Gasteiger charge is -2.04. The normalized spacial score (nSPS) is 10.9. The maximum atomic E-state index is 12.2. The van der Waals surface area contributed by atoms with Crippen LogP contribution >= 0.6 is 22.9 Å². The van der Waals surface area contributed by atoms with E-state index in [1.807, 2.05) is 34.2 Å². The number of hydrogen-bond acceptors (Lipinski definition) is 5. The highest BCUT2D eigenvalue weighted by Gasteiger charge is 2.12. The molecule has 0 bridgehead atoms. The number of rotatable bonds is 6. The standard InChI is InChI=1S/C20H17ClN4O2S/c1-27-17-8-4-13(5-9-17)18-23-20-25(24-18)16(12-28-20)10-11-22-19(26)14-2-6-15(21)7-3-14/h2-9,12H,10-11H2,1H3,(H,22,26). The molecule has 0 aliphatic carbocycles. The van der Waals surface area contributed by atoms with E-state index in [2.05, 4.69) is 15.4 Å². The number of halogens is 1. The van der Waals surface area contributed by atoms with Gasteiger partial charge in [-0.2, -0.15) is 4.98 Å². The molecule has 0 spiro atoms. The van der Waals surface area contributed by atoms with Crippen molar-refractivity contribution in [2.45, 2.75) is 6.42 Å². The van der Waals surface area contributed by atoms with E-state index < -0.39 is 0 Å². The van der Waals surface area contributed by atoms with Gasteiger partial charge in [-0.05, 0) is 48.5 Å². The van der Waals surface area contributed by atoms with Gasteiger partial charge in [-0.3, -0.25) is 4.79 Å². The van der Waals surface area contributed by atoms with Gasteiger partial charge in [-0.1, -0.05) is 11.6 Å². The highest BCUT2D eigenvalue weighted by molar-refractivity contribution is 7.15. The highest BCUT2D eigenvalue weighted by atomic mass is 35.5. The number of nitrogens with zero attached hydrogens (tertiary/aromatic N) is 3. The zero-order valence-corrected chi connectivity index (χ0v) is 16.6. The molecule has 2 heterocycles. The van der Waals surface area contributed by atoms with E-state index in [0.717, 1.165) is 22.0 Å². The molecule has 0 aliphatic rings. The lowest BCUT2D eigenvalue weighted by atomic mass is 10.2. The molecule has 8 heteroatoms. The second-order valence-corrected chi connectivity index (χ2v) is 7.37. The Morgan fingerprint density at radius 2 is 1.93 bits per heavy atom. The fourth-order valence-corrected chi connectivity index (χ4v) is 3.75. The number of benzene rings is 2. The van der Waals surface area contributed by atoms with Crippen molar-refractivity contribution in [3.8, 4) is 17.1 Å². The summed E-state index contributed by atoms with van der Waals surface area (Å²) in [5, 5.41) is 10.2. The molecule has 0 unspecified atom stereocenters. The molecule has 0 saturated heterocycles. The summed E-state index contributed by atoms with van der Waals surface area (Å²) in [4.78, 5) is 17.6. The first kappa shape index (κ1) is 18.5. The fraction of sp³-hybridized carbons (Fsp3) is 0.150. The van der Waals surface area contributed by atoms with Crippen LogP contribution in [0.3, 0.4) is 0 Å². The van der Waals surface area contributed by atoms with Gasteiger partial charge in [0.1, 0.15) is 5.75 Å². The van der Waals surface area contributed by atoms with Crippen LogP contribution in [0.2, 0.25) is 5.02 Å². The molecule has 1 N–H and O–H groups in total. The Kier molecular flexibility index (Phi) is 5.27. The number of amides is 1. The topological polar surface area (TPSA) is 68.5 Å². The largest absolute Gasteiger partial charge is 0.497 e. The molecule has 2 aromatic heterocycles. The Morgan fingerprint density at radius 3 is 2.64 bits per heavy atom. The molecule has 28 heavy (non-hydrogen) atoms. The van der Waals surface area contributed by atoms with Crippen molar-refractivity contribution in [2.75, 3.05) is 13.7 Å². The van der Waals surface area contributed by atoms with Crippen molar-refractivity contribution in [1.29, 1.82) is 0 Å². The molecule has 1 amide bonds. The fourth-order valence-electron chi connectivity index (χ4n) is 2.77. The van der Waals surface area contributed by atoms with Crippen LogP contribution in [0.15, 0.2) is 53.9 Å². The van der Waals surface area contributed by atoms with Gasteiger partial charge in [-0.15, -0.1) is 16.4 Å². The molecular weight excluding hydrogens is 396 g/mol. The number of nitrogens with one attached hydrogen (secondary N) is 1. The molecule has 142 valence electrons. The summed E-state index contributed by atoms with van der Waals surface area (Å²) in [6, 6.07) is 14.5. The van der Waals surface area contributed by atoms with Gasteiger partial charge >= 0.3 is 0 Å². The number of aromatic nitrogens is 3. The second kappa shape index (κ2) is 8.00. The Morgan fingerprint density at radius 1 is 1.18 bits per heavy atom. The van der Waals surface area contributed by atoms with Gasteiger partial charge in [0.25, 0.3) is 5.91 Å². The summed E-state index contributed by atoms with van der Waals surface area (Å²) in [6.07, 6.45) is 0.657. The van der Waals surface area contributed by atoms with E-state index in [0.29, 0.717) is 29.4 Å². The smallest absolute Gasteiger partial charge is 0.251 e. The quantitative estimate of drug-likeness (QED) is 0.517. The summed E-state index contributed by atoms with van der Waals surface area (Å²) >= 11 is 7.38. The Bertz CT molecular complexity index is 1100. The molecule has 4 aromatic rings. The van der Waals surface area contributed by atoms with Gasteiger partial charge in [0.15, 0.2) is 5.82 Å². The van der Waals surface area contributed by atoms with Crippen LogP contribution in [0.1, 0.15) is 16.1 Å². The van der Waals surface area contributed by atoms with Crippen LogP contribution in [0.25, 0.3) is 16.3 Å². The van der Waals surface area contributed by atoms with E-state index in [-0.39, 0.29) is 5.91 Å². The summed E-state index contributed by atoms with van der Waals surface area (Å²) < 4.78 is 7.02. The van der Waals surface area contributed by atoms with Crippen molar-refractivity contribution in [3.05, 3.63) is 70.2 Å². The number of carbonyl (C=O) groups is 1. The van der Waals surface area contributed by atoms with Crippen molar-refractivity contribution in [3.63, 3.8) is 0 Å². The summed E-state index contributed by atoms with van der Waals surface area (Å²) in [5.74, 6) is 1.34. The molecule has 0 radical (unpaired) electrons. The molecular formula is C20H17ClN4O2S. The van der Waals surface area contributed by atoms with E-state index in [1.165, 1.54) is 11.3 Å². The van der Waals surface area contributed by atoms with Crippen LogP contribution in [0, 0.1) is 0 Å². The number of carbonyl (C=O) groups excluding carboxylic acids is 1. The SMILES string of the molecule is COc1ccc(-c2nc3scc(CCNC(=O)c4ccc(Cl)cc4)n3n2)cc1. The molecule has 0 saturated carbocycles. The zero-order valence-electron chi connectivity index (χ0n) is 15.1. The van der Waals surface area contributed by atoms with Gasteiger partial charge in [0.2, 0.25) is 4.96 Å². The zero-order chi connectivity index (χ0) is 19.5. The van der Waals surface area contributed by atoms with Gasteiger partial charge in [0.05, 0.1) is 12.8 Å². The van der Waals surface area contributed by atoms with Crippen LogP contribution in [0.5, 0.6) is 5.75 Å². The van der Waals surface area contributed by atoms with Crippen LogP contribution in [0.4, 0.5) is 0 Å². The maximum absolute atomic E-state index is 12.2. The first-order valence-corrected chi connectivity index (χ1v) is 9.91. The maximum Gasteiger partial charge on any atom is 0.251 e. The van der Waals surface area contributed by atoms with Gasteiger partial charge < -0.3 is 10.1 Å². The number of hydrogen-bond donors (Lipinski definition) is 1. The van der Waals surface area contributed by atoms with Crippen molar-refractivity contribution in [1.82, 2.24) is 19.9 Å². The lowest BCUT2D eigenvalue weighted by molar-refractivity contribution is 0.0954. The van der Waals surface area contributed by atoms with E-state index in [4.69, 9.17) is 16.3 Å². The highest BCUT2D eigenvalue weighted by Crippen LogP contribution is 2.23. The molecule has 4 rings (SSSR count). The Hall–Kier alpha value is -2.90. The van der Waals surface area contributed by atoms with E-state index in [9.17, 15) is 4.79 Å². The van der Waals surface area contributed by atoms with Gasteiger partial charge in [-0.25, -0.2) is 4.52 Å². The summed E-state index contributed by atoms with van der Waals surface area (Å²) in [5.41, 5.74) is 2.52. The molecule has 0 fully saturated rings. The van der Waals surface area contributed by atoms with Crippen molar-refractivity contribution in [2.24, 2.45) is 0 Å².